The van der Waals surface area contributed by atoms with E-state index in [1.54, 1.807) is 12.1 Å². The number of ether oxygens (including phenoxy) is 2. The van der Waals surface area contributed by atoms with Gasteiger partial charge in [-0.2, -0.15) is 8.78 Å². The van der Waals surface area contributed by atoms with Crippen molar-refractivity contribution in [2.45, 2.75) is 52.7 Å². The van der Waals surface area contributed by atoms with E-state index >= 15 is 0 Å². The second kappa shape index (κ2) is 12.8. The average Bonchev–Trinajstić information content (AvgIpc) is 2.65. The Morgan fingerprint density at radius 2 is 2.04 bits per heavy atom. The van der Waals surface area contributed by atoms with E-state index in [0.717, 1.165) is 32.4 Å². The van der Waals surface area contributed by atoms with Crippen LogP contribution in [0.3, 0.4) is 0 Å². The molecular weight excluding hydrogens is 390 g/mol. The minimum absolute atomic E-state index is 0. The van der Waals surface area contributed by atoms with Crippen molar-refractivity contribution in [2.24, 2.45) is 11.8 Å². The van der Waals surface area contributed by atoms with Crippen molar-refractivity contribution in [3.05, 3.63) is 23.8 Å². The first-order valence-corrected chi connectivity index (χ1v) is 9.67. The molecule has 160 valence electrons. The summed E-state index contributed by atoms with van der Waals surface area (Å²) < 4.78 is 35.5. The maximum absolute atomic E-state index is 12.7. The van der Waals surface area contributed by atoms with Crippen LogP contribution in [0.15, 0.2) is 18.2 Å². The number of benzene rings is 1. The molecule has 1 unspecified atom stereocenters. The molecule has 0 bridgehead atoms. The van der Waals surface area contributed by atoms with Crippen LogP contribution in [0.2, 0.25) is 0 Å². The van der Waals surface area contributed by atoms with E-state index in [-0.39, 0.29) is 30.6 Å². The molecule has 1 aromatic rings. The highest BCUT2D eigenvalue weighted by Gasteiger charge is 2.22. The normalized spacial score (nSPS) is 15.6. The molecule has 0 spiro atoms. The summed E-state index contributed by atoms with van der Waals surface area (Å²) in [5.41, 5.74) is 0.502. The van der Waals surface area contributed by atoms with Crippen LogP contribution >= 0.6 is 12.4 Å². The minimum atomic E-state index is -2.93. The fraction of sp³-hybridized carbons (Fsp3) is 0.650. The van der Waals surface area contributed by atoms with Crippen molar-refractivity contribution in [1.82, 2.24) is 10.6 Å². The molecule has 1 saturated heterocycles. The Hall–Kier alpha value is -1.60. The van der Waals surface area contributed by atoms with Gasteiger partial charge in [-0.3, -0.25) is 4.79 Å². The van der Waals surface area contributed by atoms with E-state index in [9.17, 15) is 13.6 Å². The summed E-state index contributed by atoms with van der Waals surface area (Å²) in [5, 5.41) is 6.15. The lowest BCUT2D eigenvalue weighted by molar-refractivity contribution is -0.122. The fourth-order valence-corrected chi connectivity index (χ4v) is 3.33. The first kappa shape index (κ1) is 24.4. The van der Waals surface area contributed by atoms with Crippen LogP contribution in [-0.4, -0.2) is 32.2 Å². The SMILES string of the molecule is CCCOc1ccc(CNC(=O)CC(C)C2CCNCC2)c(OC(F)F)c1.Cl. The van der Waals surface area contributed by atoms with E-state index in [2.05, 4.69) is 22.3 Å². The number of hydrogen-bond donors (Lipinski definition) is 2. The second-order valence-corrected chi connectivity index (χ2v) is 7.04. The van der Waals surface area contributed by atoms with Crippen LogP contribution in [0, 0.1) is 11.8 Å². The standard InChI is InChI=1S/C20H30F2N2O3.ClH/c1-3-10-26-17-5-4-16(18(12-17)27-20(21)22)13-24-19(25)11-14(2)15-6-8-23-9-7-15;/h4-5,12,14-15,20,23H,3,6-11,13H2,1-2H3,(H,24,25);1H. The molecule has 2 N–H and O–H groups in total. The molecule has 1 heterocycles. The van der Waals surface area contributed by atoms with Gasteiger partial charge in [0.05, 0.1) is 6.61 Å². The number of carbonyl (C=O) groups is 1. The van der Waals surface area contributed by atoms with Gasteiger partial charge in [-0.15, -0.1) is 12.4 Å². The first-order valence-electron chi connectivity index (χ1n) is 9.67. The second-order valence-electron chi connectivity index (χ2n) is 7.04. The Balaban J connectivity index is 0.00000392. The molecule has 1 amide bonds. The van der Waals surface area contributed by atoms with Crippen LogP contribution in [-0.2, 0) is 11.3 Å². The molecule has 0 radical (unpaired) electrons. The Morgan fingerprint density at radius 1 is 1.32 bits per heavy atom. The molecule has 2 rings (SSSR count). The lowest BCUT2D eigenvalue weighted by Gasteiger charge is -2.27. The Morgan fingerprint density at radius 3 is 2.68 bits per heavy atom. The van der Waals surface area contributed by atoms with Gasteiger partial charge >= 0.3 is 6.61 Å². The Kier molecular flexibility index (Phi) is 11.2. The van der Waals surface area contributed by atoms with Crippen LogP contribution in [0.25, 0.3) is 0 Å². The number of rotatable bonds is 10. The lowest BCUT2D eigenvalue weighted by Crippen LogP contribution is -2.33. The van der Waals surface area contributed by atoms with Gasteiger partial charge < -0.3 is 20.1 Å². The van der Waals surface area contributed by atoms with Gasteiger partial charge in [-0.25, -0.2) is 0 Å². The third kappa shape index (κ3) is 8.19. The third-order valence-electron chi connectivity index (χ3n) is 4.90. The summed E-state index contributed by atoms with van der Waals surface area (Å²) in [7, 11) is 0. The molecule has 0 saturated carbocycles. The molecule has 0 aromatic heterocycles. The van der Waals surface area contributed by atoms with E-state index in [1.807, 2.05) is 6.92 Å². The van der Waals surface area contributed by atoms with Crippen molar-refractivity contribution in [2.75, 3.05) is 19.7 Å². The number of hydrogen-bond acceptors (Lipinski definition) is 4. The third-order valence-corrected chi connectivity index (χ3v) is 4.90. The summed E-state index contributed by atoms with van der Waals surface area (Å²) >= 11 is 0. The zero-order valence-electron chi connectivity index (χ0n) is 16.5. The van der Waals surface area contributed by atoms with E-state index < -0.39 is 6.61 Å². The van der Waals surface area contributed by atoms with Crippen molar-refractivity contribution in [3.8, 4) is 11.5 Å². The van der Waals surface area contributed by atoms with Gasteiger partial charge in [0.25, 0.3) is 0 Å². The summed E-state index contributed by atoms with van der Waals surface area (Å²) in [4.78, 5) is 12.3. The quantitative estimate of drug-likeness (QED) is 0.597. The lowest BCUT2D eigenvalue weighted by atomic mass is 9.84. The Bertz CT molecular complexity index is 599. The molecule has 1 aliphatic heterocycles. The zero-order valence-corrected chi connectivity index (χ0v) is 17.3. The molecule has 8 heteroatoms. The number of amides is 1. The molecule has 5 nitrogen and oxygen atoms in total. The monoisotopic (exact) mass is 420 g/mol. The van der Waals surface area contributed by atoms with Crippen molar-refractivity contribution >= 4 is 18.3 Å². The Labute approximate surface area is 172 Å². The van der Waals surface area contributed by atoms with Crippen molar-refractivity contribution in [3.63, 3.8) is 0 Å². The summed E-state index contributed by atoms with van der Waals surface area (Å²) in [6, 6.07) is 4.80. The van der Waals surface area contributed by atoms with E-state index in [0.29, 0.717) is 36.2 Å². The number of carbonyl (C=O) groups excluding carboxylic acids is 1. The number of piperidine rings is 1. The fourth-order valence-electron chi connectivity index (χ4n) is 3.33. The first-order chi connectivity index (χ1) is 13.0. The van der Waals surface area contributed by atoms with Gasteiger partial charge in [0, 0.05) is 24.6 Å². The highest BCUT2D eigenvalue weighted by atomic mass is 35.5. The van der Waals surface area contributed by atoms with Crippen molar-refractivity contribution < 1.29 is 23.0 Å². The molecule has 1 atom stereocenters. The van der Waals surface area contributed by atoms with Gasteiger partial charge in [-0.1, -0.05) is 13.8 Å². The van der Waals surface area contributed by atoms with E-state index in [1.165, 1.54) is 6.07 Å². The molecule has 0 aliphatic carbocycles. The van der Waals surface area contributed by atoms with Crippen LogP contribution in [0.5, 0.6) is 11.5 Å². The summed E-state index contributed by atoms with van der Waals surface area (Å²) in [6.45, 7) is 3.77. The number of alkyl halides is 2. The van der Waals surface area contributed by atoms with Crippen LogP contribution in [0.1, 0.15) is 45.1 Å². The smallest absolute Gasteiger partial charge is 0.387 e. The van der Waals surface area contributed by atoms with Gasteiger partial charge in [0.1, 0.15) is 11.5 Å². The maximum atomic E-state index is 12.7. The molecule has 1 fully saturated rings. The van der Waals surface area contributed by atoms with Gasteiger partial charge in [0.15, 0.2) is 0 Å². The molecule has 28 heavy (non-hydrogen) atoms. The number of halogens is 3. The van der Waals surface area contributed by atoms with E-state index in [4.69, 9.17) is 4.74 Å². The minimum Gasteiger partial charge on any atom is -0.493 e. The van der Waals surface area contributed by atoms with Crippen LogP contribution < -0.4 is 20.1 Å². The topological polar surface area (TPSA) is 59.6 Å². The predicted octanol–water partition coefficient (Wildman–Crippen LogP) is 4.14. The predicted molar refractivity (Wildman–Crippen MR) is 107 cm³/mol. The number of nitrogens with one attached hydrogen (secondary N) is 2. The highest BCUT2D eigenvalue weighted by molar-refractivity contribution is 5.85. The molecular formula is C20H31ClF2N2O3. The molecule has 1 aromatic carbocycles. The van der Waals surface area contributed by atoms with Gasteiger partial charge in [0.2, 0.25) is 5.91 Å². The molecule has 1 aliphatic rings. The summed E-state index contributed by atoms with van der Waals surface area (Å²) in [6.07, 6.45) is 3.42. The van der Waals surface area contributed by atoms with Gasteiger partial charge in [-0.05, 0) is 56.3 Å². The van der Waals surface area contributed by atoms with Crippen molar-refractivity contribution in [1.29, 1.82) is 0 Å². The maximum Gasteiger partial charge on any atom is 0.387 e. The zero-order chi connectivity index (χ0) is 19.6. The average molecular weight is 421 g/mol. The van der Waals surface area contributed by atoms with Crippen LogP contribution in [0.4, 0.5) is 8.78 Å². The summed E-state index contributed by atoms with van der Waals surface area (Å²) in [5.74, 6) is 1.28. The highest BCUT2D eigenvalue weighted by Crippen LogP contribution is 2.27. The largest absolute Gasteiger partial charge is 0.493 e.